The average Bonchev–Trinajstić information content (AvgIpc) is 2.39. The molecule has 0 saturated carbocycles. The monoisotopic (exact) mass is 235 g/mol. The molecule has 0 bridgehead atoms. The van der Waals surface area contributed by atoms with Gasteiger partial charge in [0.2, 0.25) is 0 Å². The SMILES string of the molecule is Cc1cc(C)c2c(c1)OCCN(CC(=O)O)C2. The molecule has 1 aromatic rings. The predicted molar refractivity (Wildman–Crippen MR) is 64.3 cm³/mol. The lowest BCUT2D eigenvalue weighted by atomic mass is 10.0. The number of rotatable bonds is 2. The van der Waals surface area contributed by atoms with Crippen molar-refractivity contribution in [3.05, 3.63) is 28.8 Å². The van der Waals surface area contributed by atoms with Gasteiger partial charge in [-0.1, -0.05) is 6.07 Å². The molecule has 1 aliphatic rings. The highest BCUT2D eigenvalue weighted by atomic mass is 16.5. The first-order valence-corrected chi connectivity index (χ1v) is 5.73. The molecule has 0 saturated heterocycles. The second-order valence-electron chi connectivity index (χ2n) is 4.51. The van der Waals surface area contributed by atoms with E-state index in [-0.39, 0.29) is 6.54 Å². The first kappa shape index (κ1) is 11.9. The number of hydrogen-bond donors (Lipinski definition) is 1. The molecule has 1 N–H and O–H groups in total. The molecule has 0 aromatic heterocycles. The highest BCUT2D eigenvalue weighted by Gasteiger charge is 2.18. The summed E-state index contributed by atoms with van der Waals surface area (Å²) in [5, 5.41) is 8.84. The number of carboxylic acids is 1. The van der Waals surface area contributed by atoms with Crippen LogP contribution in [0.1, 0.15) is 16.7 Å². The molecule has 1 heterocycles. The van der Waals surface area contributed by atoms with Crippen molar-refractivity contribution in [3.63, 3.8) is 0 Å². The summed E-state index contributed by atoms with van der Waals surface area (Å²) in [5.74, 6) is 0.105. The zero-order chi connectivity index (χ0) is 12.4. The van der Waals surface area contributed by atoms with Crippen molar-refractivity contribution in [2.75, 3.05) is 19.7 Å². The lowest BCUT2D eigenvalue weighted by Gasteiger charge is -2.17. The van der Waals surface area contributed by atoms with Crippen LogP contribution >= 0.6 is 0 Å². The summed E-state index contributed by atoms with van der Waals surface area (Å²) in [6.07, 6.45) is 0. The van der Waals surface area contributed by atoms with Gasteiger partial charge in [-0.15, -0.1) is 0 Å². The van der Waals surface area contributed by atoms with E-state index in [1.54, 1.807) is 0 Å². The van der Waals surface area contributed by atoms with E-state index in [0.29, 0.717) is 19.7 Å². The van der Waals surface area contributed by atoms with Crippen LogP contribution in [0.25, 0.3) is 0 Å². The summed E-state index contributed by atoms with van der Waals surface area (Å²) in [7, 11) is 0. The summed E-state index contributed by atoms with van der Waals surface area (Å²) < 4.78 is 5.69. The van der Waals surface area contributed by atoms with Crippen LogP contribution in [0.5, 0.6) is 5.75 Å². The number of aliphatic carboxylic acids is 1. The maximum absolute atomic E-state index is 10.7. The van der Waals surface area contributed by atoms with E-state index < -0.39 is 5.97 Å². The highest BCUT2D eigenvalue weighted by Crippen LogP contribution is 2.27. The van der Waals surface area contributed by atoms with E-state index in [2.05, 4.69) is 6.07 Å². The summed E-state index contributed by atoms with van der Waals surface area (Å²) in [5.41, 5.74) is 3.44. The van der Waals surface area contributed by atoms with E-state index in [1.165, 1.54) is 5.56 Å². The minimum absolute atomic E-state index is 0.0656. The molecular formula is C13H17NO3. The van der Waals surface area contributed by atoms with E-state index in [9.17, 15) is 4.79 Å². The van der Waals surface area contributed by atoms with Crippen molar-refractivity contribution >= 4 is 5.97 Å². The van der Waals surface area contributed by atoms with Crippen LogP contribution in [0.2, 0.25) is 0 Å². The molecule has 4 heteroatoms. The maximum atomic E-state index is 10.7. The molecule has 92 valence electrons. The molecule has 0 fully saturated rings. The highest BCUT2D eigenvalue weighted by molar-refractivity contribution is 5.69. The molecule has 0 spiro atoms. The molecular weight excluding hydrogens is 218 g/mol. The molecule has 0 aliphatic carbocycles. The van der Waals surface area contributed by atoms with Crippen molar-refractivity contribution < 1.29 is 14.6 Å². The second kappa shape index (κ2) is 4.75. The van der Waals surface area contributed by atoms with E-state index in [0.717, 1.165) is 16.9 Å². The van der Waals surface area contributed by atoms with Crippen molar-refractivity contribution in [1.29, 1.82) is 0 Å². The van der Waals surface area contributed by atoms with Gasteiger partial charge in [-0.25, -0.2) is 0 Å². The average molecular weight is 235 g/mol. The Balaban J connectivity index is 2.27. The Morgan fingerprint density at radius 3 is 2.94 bits per heavy atom. The quantitative estimate of drug-likeness (QED) is 0.845. The van der Waals surface area contributed by atoms with Gasteiger partial charge in [0.25, 0.3) is 0 Å². The summed E-state index contributed by atoms with van der Waals surface area (Å²) in [6.45, 7) is 5.99. The van der Waals surface area contributed by atoms with Gasteiger partial charge in [-0.2, -0.15) is 0 Å². The molecule has 0 amide bonds. The molecule has 1 aromatic carbocycles. The third-order valence-electron chi connectivity index (χ3n) is 2.98. The number of carboxylic acid groups (broad SMARTS) is 1. The molecule has 0 unspecified atom stereocenters. The van der Waals surface area contributed by atoms with Gasteiger partial charge in [-0.3, -0.25) is 9.69 Å². The van der Waals surface area contributed by atoms with Gasteiger partial charge in [0.05, 0.1) is 6.54 Å². The van der Waals surface area contributed by atoms with Gasteiger partial charge in [-0.05, 0) is 31.0 Å². The zero-order valence-electron chi connectivity index (χ0n) is 10.2. The number of fused-ring (bicyclic) bond motifs is 1. The standard InChI is InChI=1S/C13H17NO3/c1-9-5-10(2)11-7-14(8-13(15)16)3-4-17-12(11)6-9/h5-6H,3-4,7-8H2,1-2H3,(H,15,16). The van der Waals surface area contributed by atoms with Crippen LogP contribution in [-0.2, 0) is 11.3 Å². The number of aryl methyl sites for hydroxylation is 2. The van der Waals surface area contributed by atoms with Crippen LogP contribution in [0.3, 0.4) is 0 Å². The van der Waals surface area contributed by atoms with Crippen LogP contribution in [0, 0.1) is 13.8 Å². The normalized spacial score (nSPS) is 15.9. The van der Waals surface area contributed by atoms with E-state index in [4.69, 9.17) is 9.84 Å². The summed E-state index contributed by atoms with van der Waals surface area (Å²) >= 11 is 0. The third kappa shape index (κ3) is 2.77. The topological polar surface area (TPSA) is 49.8 Å². The minimum atomic E-state index is -0.793. The molecule has 4 nitrogen and oxygen atoms in total. The Hall–Kier alpha value is -1.55. The number of ether oxygens (including phenoxy) is 1. The number of carbonyl (C=O) groups is 1. The smallest absolute Gasteiger partial charge is 0.317 e. The lowest BCUT2D eigenvalue weighted by molar-refractivity contribution is -0.138. The van der Waals surface area contributed by atoms with Gasteiger partial charge >= 0.3 is 5.97 Å². The van der Waals surface area contributed by atoms with Crippen LogP contribution in [0.15, 0.2) is 12.1 Å². The van der Waals surface area contributed by atoms with Gasteiger partial charge < -0.3 is 9.84 Å². The fourth-order valence-electron chi connectivity index (χ4n) is 2.20. The predicted octanol–water partition coefficient (Wildman–Crippen LogP) is 1.58. The fourth-order valence-corrected chi connectivity index (χ4v) is 2.20. The molecule has 0 radical (unpaired) electrons. The Labute approximate surface area is 101 Å². The molecule has 0 atom stereocenters. The molecule has 1 aliphatic heterocycles. The summed E-state index contributed by atoms with van der Waals surface area (Å²) in [4.78, 5) is 12.6. The zero-order valence-corrected chi connectivity index (χ0v) is 10.2. The maximum Gasteiger partial charge on any atom is 0.317 e. The first-order chi connectivity index (χ1) is 8.06. The second-order valence-corrected chi connectivity index (χ2v) is 4.51. The number of nitrogens with zero attached hydrogens (tertiary/aromatic N) is 1. The Morgan fingerprint density at radius 1 is 1.47 bits per heavy atom. The van der Waals surface area contributed by atoms with Gasteiger partial charge in [0.1, 0.15) is 12.4 Å². The first-order valence-electron chi connectivity index (χ1n) is 5.73. The molecule has 2 rings (SSSR count). The van der Waals surface area contributed by atoms with Gasteiger partial charge in [0, 0.05) is 18.7 Å². The van der Waals surface area contributed by atoms with Crippen molar-refractivity contribution in [2.45, 2.75) is 20.4 Å². The Morgan fingerprint density at radius 2 is 2.24 bits per heavy atom. The van der Waals surface area contributed by atoms with Crippen LogP contribution in [-0.4, -0.2) is 35.7 Å². The number of hydrogen-bond acceptors (Lipinski definition) is 3. The van der Waals surface area contributed by atoms with Crippen molar-refractivity contribution in [2.24, 2.45) is 0 Å². The number of benzene rings is 1. The van der Waals surface area contributed by atoms with Crippen molar-refractivity contribution in [3.8, 4) is 5.75 Å². The van der Waals surface area contributed by atoms with E-state index >= 15 is 0 Å². The lowest BCUT2D eigenvalue weighted by Crippen LogP contribution is -2.31. The largest absolute Gasteiger partial charge is 0.492 e. The summed E-state index contributed by atoms with van der Waals surface area (Å²) in [6, 6.07) is 4.12. The van der Waals surface area contributed by atoms with Crippen LogP contribution in [0.4, 0.5) is 0 Å². The van der Waals surface area contributed by atoms with Crippen molar-refractivity contribution in [1.82, 2.24) is 4.90 Å². The third-order valence-corrected chi connectivity index (χ3v) is 2.98. The fraction of sp³-hybridized carbons (Fsp3) is 0.462. The van der Waals surface area contributed by atoms with Crippen LogP contribution < -0.4 is 4.74 Å². The Bertz CT molecular complexity index is 443. The minimum Gasteiger partial charge on any atom is -0.492 e. The Kier molecular flexibility index (Phi) is 3.33. The van der Waals surface area contributed by atoms with E-state index in [1.807, 2.05) is 24.8 Å². The van der Waals surface area contributed by atoms with Gasteiger partial charge in [0.15, 0.2) is 0 Å². The molecule has 17 heavy (non-hydrogen) atoms.